The summed E-state index contributed by atoms with van der Waals surface area (Å²) in [5.41, 5.74) is 1.60. The molecule has 0 fully saturated rings. The largest absolute Gasteiger partial charge is 0.465 e. The number of hydrogen-bond donors (Lipinski definition) is 0. The average Bonchev–Trinajstić information content (AvgIpc) is 2.60. The minimum absolute atomic E-state index is 0.0253. The molecule has 0 amide bonds. The fourth-order valence-electron chi connectivity index (χ4n) is 3.97. The van der Waals surface area contributed by atoms with Gasteiger partial charge in [0.05, 0.1) is 4.92 Å². The SMILES string of the molecule is O=C1CCCC2=C1C(c1cccc([N+](=O)[O-])c1)C1=C(CCCC1=O)O2. The number of nitrogens with zero attached hydrogens (tertiary/aromatic N) is 1. The van der Waals surface area contributed by atoms with Gasteiger partial charge in [-0.2, -0.15) is 0 Å². The third kappa shape index (κ3) is 2.58. The second-order valence-electron chi connectivity index (χ2n) is 6.61. The summed E-state index contributed by atoms with van der Waals surface area (Å²) >= 11 is 0. The van der Waals surface area contributed by atoms with E-state index in [1.165, 1.54) is 12.1 Å². The van der Waals surface area contributed by atoms with E-state index in [0.29, 0.717) is 53.9 Å². The van der Waals surface area contributed by atoms with Gasteiger partial charge in [0.2, 0.25) is 0 Å². The number of nitro groups is 1. The first-order valence-corrected chi connectivity index (χ1v) is 8.51. The van der Waals surface area contributed by atoms with Gasteiger partial charge < -0.3 is 4.74 Å². The van der Waals surface area contributed by atoms with Gasteiger partial charge in [-0.15, -0.1) is 0 Å². The van der Waals surface area contributed by atoms with Crippen molar-refractivity contribution in [2.24, 2.45) is 0 Å². The van der Waals surface area contributed by atoms with Gasteiger partial charge >= 0.3 is 0 Å². The Morgan fingerprint density at radius 2 is 1.56 bits per heavy atom. The number of ketones is 2. The van der Waals surface area contributed by atoms with E-state index in [9.17, 15) is 19.7 Å². The lowest BCUT2D eigenvalue weighted by Crippen LogP contribution is -2.30. The van der Waals surface area contributed by atoms with Crippen molar-refractivity contribution in [3.8, 4) is 0 Å². The van der Waals surface area contributed by atoms with Gasteiger partial charge in [0.15, 0.2) is 11.6 Å². The summed E-state index contributed by atoms with van der Waals surface area (Å²) in [6.45, 7) is 0. The van der Waals surface area contributed by atoms with Crippen molar-refractivity contribution in [1.82, 2.24) is 0 Å². The Balaban J connectivity index is 1.91. The van der Waals surface area contributed by atoms with E-state index in [2.05, 4.69) is 0 Å². The summed E-state index contributed by atoms with van der Waals surface area (Å²) in [6, 6.07) is 6.24. The van der Waals surface area contributed by atoms with Gasteiger partial charge in [-0.05, 0) is 18.4 Å². The van der Waals surface area contributed by atoms with Crippen molar-refractivity contribution >= 4 is 17.3 Å². The Bertz CT molecular complexity index is 822. The lowest BCUT2D eigenvalue weighted by Gasteiger charge is -2.35. The Hall–Kier alpha value is -2.76. The Morgan fingerprint density at radius 3 is 2.12 bits per heavy atom. The maximum atomic E-state index is 12.6. The molecule has 0 bridgehead atoms. The number of Topliss-reactive ketones (excluding diaryl/α,β-unsaturated/α-hetero) is 2. The standard InChI is InChI=1S/C19H17NO5/c21-13-6-2-8-15-18(13)17(11-4-1-5-12(10-11)20(23)24)19-14(22)7-3-9-16(19)25-15/h1,4-5,10,17H,2-3,6-9H2. The van der Waals surface area contributed by atoms with E-state index in [0.717, 1.165) is 12.8 Å². The molecule has 0 saturated heterocycles. The van der Waals surface area contributed by atoms with Crippen LogP contribution in [-0.2, 0) is 14.3 Å². The van der Waals surface area contributed by atoms with Crippen molar-refractivity contribution in [1.29, 1.82) is 0 Å². The highest BCUT2D eigenvalue weighted by atomic mass is 16.6. The van der Waals surface area contributed by atoms with E-state index in [1.807, 2.05) is 0 Å². The van der Waals surface area contributed by atoms with Crippen LogP contribution in [0.5, 0.6) is 0 Å². The number of carbonyl (C=O) groups is 2. The van der Waals surface area contributed by atoms with Gasteiger partial charge in [0.1, 0.15) is 11.5 Å². The highest BCUT2D eigenvalue weighted by molar-refractivity contribution is 6.05. The molecule has 0 N–H and O–H groups in total. The summed E-state index contributed by atoms with van der Waals surface area (Å²) in [7, 11) is 0. The summed E-state index contributed by atoms with van der Waals surface area (Å²) in [5.74, 6) is 0.687. The third-order valence-electron chi connectivity index (χ3n) is 5.06. The van der Waals surface area contributed by atoms with Gasteiger partial charge in [0, 0.05) is 54.9 Å². The van der Waals surface area contributed by atoms with Crippen LogP contribution < -0.4 is 0 Å². The van der Waals surface area contributed by atoms with Crippen molar-refractivity contribution in [3.05, 3.63) is 62.6 Å². The zero-order chi connectivity index (χ0) is 17.6. The number of ether oxygens (including phenoxy) is 1. The van der Waals surface area contributed by atoms with Gasteiger partial charge in [-0.1, -0.05) is 12.1 Å². The highest BCUT2D eigenvalue weighted by Gasteiger charge is 2.41. The van der Waals surface area contributed by atoms with Crippen LogP contribution in [0.1, 0.15) is 50.0 Å². The number of allylic oxidation sites excluding steroid dienone is 4. The third-order valence-corrected chi connectivity index (χ3v) is 5.06. The first kappa shape index (κ1) is 15.7. The number of hydrogen-bond acceptors (Lipinski definition) is 5. The normalized spacial score (nSPS) is 21.0. The molecule has 128 valence electrons. The van der Waals surface area contributed by atoms with Crippen LogP contribution in [0.4, 0.5) is 5.69 Å². The number of benzene rings is 1. The highest BCUT2D eigenvalue weighted by Crippen LogP contribution is 2.47. The molecule has 0 saturated carbocycles. The molecule has 3 aliphatic rings. The molecule has 25 heavy (non-hydrogen) atoms. The van der Waals surface area contributed by atoms with E-state index >= 15 is 0 Å². The van der Waals surface area contributed by atoms with E-state index in [-0.39, 0.29) is 17.3 Å². The lowest BCUT2D eigenvalue weighted by molar-refractivity contribution is -0.384. The van der Waals surface area contributed by atoms with Crippen LogP contribution in [0.25, 0.3) is 0 Å². The minimum Gasteiger partial charge on any atom is -0.465 e. The van der Waals surface area contributed by atoms with Crippen LogP contribution >= 0.6 is 0 Å². The second-order valence-corrected chi connectivity index (χ2v) is 6.61. The molecule has 0 spiro atoms. The summed E-state index contributed by atoms with van der Waals surface area (Å²) in [4.78, 5) is 35.9. The zero-order valence-corrected chi connectivity index (χ0v) is 13.6. The van der Waals surface area contributed by atoms with Crippen LogP contribution in [0.3, 0.4) is 0 Å². The number of non-ortho nitro benzene ring substituents is 1. The number of nitro benzene ring substituents is 1. The summed E-state index contributed by atoms with van der Waals surface area (Å²) in [5, 5.41) is 11.2. The van der Waals surface area contributed by atoms with Gasteiger partial charge in [-0.3, -0.25) is 19.7 Å². The predicted molar refractivity (Wildman–Crippen MR) is 88.7 cm³/mol. The summed E-state index contributed by atoms with van der Waals surface area (Å²) in [6.07, 6.45) is 3.63. The fourth-order valence-corrected chi connectivity index (χ4v) is 3.97. The first-order valence-electron chi connectivity index (χ1n) is 8.51. The van der Waals surface area contributed by atoms with Crippen molar-refractivity contribution in [3.63, 3.8) is 0 Å². The average molecular weight is 339 g/mol. The van der Waals surface area contributed by atoms with Gasteiger partial charge in [-0.25, -0.2) is 0 Å². The van der Waals surface area contributed by atoms with Crippen molar-refractivity contribution in [2.75, 3.05) is 0 Å². The van der Waals surface area contributed by atoms with Crippen molar-refractivity contribution < 1.29 is 19.2 Å². The molecule has 1 aromatic carbocycles. The minimum atomic E-state index is -0.542. The molecule has 0 aromatic heterocycles. The molecule has 1 aliphatic heterocycles. The van der Waals surface area contributed by atoms with Gasteiger partial charge in [0.25, 0.3) is 5.69 Å². The predicted octanol–water partition coefficient (Wildman–Crippen LogP) is 3.72. The van der Waals surface area contributed by atoms with Crippen LogP contribution in [0.2, 0.25) is 0 Å². The molecule has 1 heterocycles. The smallest absolute Gasteiger partial charge is 0.269 e. The van der Waals surface area contributed by atoms with E-state index in [4.69, 9.17) is 4.74 Å². The zero-order valence-electron chi connectivity index (χ0n) is 13.6. The Labute approximate surface area is 144 Å². The van der Waals surface area contributed by atoms with Crippen LogP contribution in [-0.4, -0.2) is 16.5 Å². The molecular weight excluding hydrogens is 322 g/mol. The molecule has 2 aliphatic carbocycles. The molecule has 1 aromatic rings. The number of rotatable bonds is 2. The molecule has 6 nitrogen and oxygen atoms in total. The quantitative estimate of drug-likeness (QED) is 0.605. The van der Waals surface area contributed by atoms with E-state index in [1.54, 1.807) is 12.1 Å². The van der Waals surface area contributed by atoms with E-state index < -0.39 is 10.8 Å². The lowest BCUT2D eigenvalue weighted by atomic mass is 9.73. The fraction of sp³-hybridized carbons (Fsp3) is 0.368. The van der Waals surface area contributed by atoms with Crippen molar-refractivity contribution in [2.45, 2.75) is 44.4 Å². The monoisotopic (exact) mass is 339 g/mol. The molecule has 0 radical (unpaired) electrons. The molecule has 6 heteroatoms. The molecule has 0 atom stereocenters. The maximum Gasteiger partial charge on any atom is 0.269 e. The number of carbonyl (C=O) groups excluding carboxylic acids is 2. The van der Waals surface area contributed by atoms with Crippen LogP contribution in [0.15, 0.2) is 46.9 Å². The second kappa shape index (κ2) is 5.95. The molecule has 4 rings (SSSR count). The first-order chi connectivity index (χ1) is 12.1. The Morgan fingerprint density at radius 1 is 0.960 bits per heavy atom. The summed E-state index contributed by atoms with van der Waals surface area (Å²) < 4.78 is 5.95. The topological polar surface area (TPSA) is 86.5 Å². The Kier molecular flexibility index (Phi) is 3.75. The molecular formula is C19H17NO5. The van der Waals surface area contributed by atoms with Crippen LogP contribution in [0, 0.1) is 10.1 Å². The maximum absolute atomic E-state index is 12.6. The molecule has 0 unspecified atom stereocenters.